The molecule has 2 heterocycles. The van der Waals surface area contributed by atoms with Crippen LogP contribution in [0.25, 0.3) is 11.0 Å². The number of methoxy groups -OCH3 is 1. The molecular formula is C21H20F2N2O3. The lowest BCUT2D eigenvalue weighted by atomic mass is 10.1. The summed E-state index contributed by atoms with van der Waals surface area (Å²) in [5.41, 5.74) is 0.855. The van der Waals surface area contributed by atoms with Crippen LogP contribution in [0.2, 0.25) is 0 Å². The van der Waals surface area contributed by atoms with Crippen LogP contribution in [0.4, 0.5) is 20.2 Å². The third-order valence-corrected chi connectivity index (χ3v) is 5.00. The Morgan fingerprint density at radius 3 is 2.46 bits per heavy atom. The molecule has 0 unspecified atom stereocenters. The molecule has 4 rings (SSSR count). The number of amides is 1. The van der Waals surface area contributed by atoms with Gasteiger partial charge in [0.15, 0.2) is 11.6 Å². The number of rotatable bonds is 4. The minimum Gasteiger partial charge on any atom is -0.497 e. The molecule has 0 radical (unpaired) electrons. The van der Waals surface area contributed by atoms with E-state index in [9.17, 15) is 13.6 Å². The smallest absolute Gasteiger partial charge is 0.259 e. The molecule has 5 nitrogen and oxygen atoms in total. The van der Waals surface area contributed by atoms with E-state index < -0.39 is 17.5 Å². The number of benzene rings is 2. The van der Waals surface area contributed by atoms with Crippen LogP contribution in [0.3, 0.4) is 0 Å². The third kappa shape index (κ3) is 3.17. The molecule has 1 aliphatic heterocycles. The summed E-state index contributed by atoms with van der Waals surface area (Å²) < 4.78 is 39.9. The zero-order valence-electron chi connectivity index (χ0n) is 15.6. The van der Waals surface area contributed by atoms with E-state index >= 15 is 0 Å². The van der Waals surface area contributed by atoms with E-state index in [1.807, 2.05) is 0 Å². The van der Waals surface area contributed by atoms with Gasteiger partial charge in [0.2, 0.25) is 0 Å². The molecule has 0 bridgehead atoms. The number of hydrogen-bond donors (Lipinski definition) is 1. The average molecular weight is 386 g/mol. The van der Waals surface area contributed by atoms with E-state index in [2.05, 4.69) is 5.32 Å². The van der Waals surface area contributed by atoms with Gasteiger partial charge < -0.3 is 19.4 Å². The zero-order valence-corrected chi connectivity index (χ0v) is 15.6. The number of furan rings is 1. The predicted molar refractivity (Wildman–Crippen MR) is 103 cm³/mol. The number of nitrogens with one attached hydrogen (secondary N) is 1. The molecule has 1 aliphatic rings. The van der Waals surface area contributed by atoms with Crippen LogP contribution >= 0.6 is 0 Å². The van der Waals surface area contributed by atoms with Gasteiger partial charge in [0.05, 0.1) is 12.7 Å². The molecule has 0 atom stereocenters. The van der Waals surface area contributed by atoms with Gasteiger partial charge in [-0.05, 0) is 50.1 Å². The van der Waals surface area contributed by atoms with E-state index in [0.717, 1.165) is 25.0 Å². The number of carbonyl (C=O) groups is 1. The fourth-order valence-corrected chi connectivity index (χ4v) is 3.68. The first-order valence-corrected chi connectivity index (χ1v) is 9.10. The highest BCUT2D eigenvalue weighted by Crippen LogP contribution is 2.32. The number of fused-ring (bicyclic) bond motifs is 1. The summed E-state index contributed by atoms with van der Waals surface area (Å²) >= 11 is 0. The summed E-state index contributed by atoms with van der Waals surface area (Å²) in [5, 5.41) is 3.15. The second-order valence-electron chi connectivity index (χ2n) is 6.83. The lowest BCUT2D eigenvalue weighted by Gasteiger charge is -2.19. The van der Waals surface area contributed by atoms with Crippen LogP contribution in [-0.2, 0) is 0 Å². The molecule has 0 saturated carbocycles. The van der Waals surface area contributed by atoms with E-state index in [1.165, 1.54) is 7.11 Å². The number of anilines is 2. The van der Waals surface area contributed by atoms with Crippen molar-refractivity contribution in [3.05, 3.63) is 53.3 Å². The summed E-state index contributed by atoms with van der Waals surface area (Å²) in [5.74, 6) is -0.887. The Labute approximate surface area is 160 Å². The fraction of sp³-hybridized carbons (Fsp3) is 0.286. The monoisotopic (exact) mass is 386 g/mol. The average Bonchev–Trinajstić information content (AvgIpc) is 3.27. The number of halogens is 2. The maximum absolute atomic E-state index is 14.5. The second-order valence-corrected chi connectivity index (χ2v) is 6.83. The first kappa shape index (κ1) is 18.3. The van der Waals surface area contributed by atoms with Gasteiger partial charge in [0, 0.05) is 24.2 Å². The maximum Gasteiger partial charge on any atom is 0.259 e. The van der Waals surface area contributed by atoms with Crippen molar-refractivity contribution in [2.75, 3.05) is 30.4 Å². The van der Waals surface area contributed by atoms with Gasteiger partial charge in [0.1, 0.15) is 22.8 Å². The summed E-state index contributed by atoms with van der Waals surface area (Å²) in [4.78, 5) is 14.5. The molecule has 1 saturated heterocycles. The van der Waals surface area contributed by atoms with Crippen molar-refractivity contribution in [3.8, 4) is 5.75 Å². The van der Waals surface area contributed by atoms with Crippen molar-refractivity contribution < 1.29 is 22.7 Å². The Balaban J connectivity index is 1.65. The van der Waals surface area contributed by atoms with Gasteiger partial charge in [-0.25, -0.2) is 8.78 Å². The van der Waals surface area contributed by atoms with Crippen molar-refractivity contribution in [1.82, 2.24) is 0 Å². The Bertz CT molecular complexity index is 1030. The molecule has 1 amide bonds. The molecule has 28 heavy (non-hydrogen) atoms. The number of aryl methyl sites for hydroxylation is 1. The van der Waals surface area contributed by atoms with Gasteiger partial charge in [0.25, 0.3) is 5.91 Å². The van der Waals surface area contributed by atoms with Gasteiger partial charge in [-0.1, -0.05) is 0 Å². The summed E-state index contributed by atoms with van der Waals surface area (Å²) in [6, 6.07) is 7.43. The highest BCUT2D eigenvalue weighted by Gasteiger charge is 2.23. The maximum atomic E-state index is 14.5. The Morgan fingerprint density at radius 2 is 1.82 bits per heavy atom. The van der Waals surface area contributed by atoms with Crippen molar-refractivity contribution in [2.24, 2.45) is 0 Å². The number of ether oxygens (including phenoxy) is 1. The van der Waals surface area contributed by atoms with Crippen LogP contribution in [0.1, 0.15) is 29.0 Å². The van der Waals surface area contributed by atoms with Crippen LogP contribution in [-0.4, -0.2) is 26.1 Å². The molecule has 2 aromatic carbocycles. The van der Waals surface area contributed by atoms with Gasteiger partial charge in [-0.2, -0.15) is 0 Å². The molecule has 1 N–H and O–H groups in total. The SMILES string of the molecule is COc1ccc2oc(C)c(C(=O)Nc3cc(F)c(N4CCCC4)c(F)c3)c2c1. The minimum absolute atomic E-state index is 0.0369. The van der Waals surface area contributed by atoms with Crippen molar-refractivity contribution >= 4 is 28.3 Å². The topological polar surface area (TPSA) is 54.7 Å². The number of carbonyl (C=O) groups excluding carboxylic acids is 1. The van der Waals surface area contributed by atoms with Gasteiger partial charge >= 0.3 is 0 Å². The highest BCUT2D eigenvalue weighted by molar-refractivity contribution is 6.13. The molecule has 0 spiro atoms. The van der Waals surface area contributed by atoms with Crippen LogP contribution < -0.4 is 15.0 Å². The molecule has 0 aliphatic carbocycles. The zero-order chi connectivity index (χ0) is 19.8. The second kappa shape index (κ2) is 7.14. The Hall–Kier alpha value is -3.09. The van der Waals surface area contributed by atoms with Crippen molar-refractivity contribution in [1.29, 1.82) is 0 Å². The highest BCUT2D eigenvalue weighted by atomic mass is 19.1. The quantitative estimate of drug-likeness (QED) is 0.694. The lowest BCUT2D eigenvalue weighted by molar-refractivity contribution is 0.102. The first-order chi connectivity index (χ1) is 13.5. The summed E-state index contributed by atoms with van der Waals surface area (Å²) in [6.07, 6.45) is 1.82. The van der Waals surface area contributed by atoms with E-state index in [-0.39, 0.29) is 11.4 Å². The molecular weight excluding hydrogens is 366 g/mol. The minimum atomic E-state index is -0.687. The van der Waals surface area contributed by atoms with Crippen LogP contribution in [0.5, 0.6) is 5.75 Å². The summed E-state index contributed by atoms with van der Waals surface area (Å²) in [6.45, 7) is 2.92. The molecule has 1 aromatic heterocycles. The van der Waals surface area contributed by atoms with Crippen molar-refractivity contribution in [2.45, 2.75) is 19.8 Å². The third-order valence-electron chi connectivity index (χ3n) is 5.00. The molecule has 7 heteroatoms. The molecule has 146 valence electrons. The molecule has 3 aromatic rings. The number of hydrogen-bond acceptors (Lipinski definition) is 4. The van der Waals surface area contributed by atoms with Crippen LogP contribution in [0.15, 0.2) is 34.7 Å². The largest absolute Gasteiger partial charge is 0.497 e. The number of nitrogens with zero attached hydrogens (tertiary/aromatic N) is 1. The Morgan fingerprint density at radius 1 is 1.14 bits per heavy atom. The Kier molecular flexibility index (Phi) is 4.66. The standard InChI is InChI=1S/C21H20F2N2O3/c1-12-19(15-11-14(27-2)5-6-18(15)28-12)21(26)24-13-9-16(22)20(17(23)10-13)25-7-3-4-8-25/h5-6,9-11H,3-4,7-8H2,1-2H3,(H,24,26). The van der Waals surface area contributed by atoms with Crippen LogP contribution in [0, 0.1) is 18.6 Å². The van der Waals surface area contributed by atoms with Crippen molar-refractivity contribution in [3.63, 3.8) is 0 Å². The van der Waals surface area contributed by atoms with Gasteiger partial charge in [-0.15, -0.1) is 0 Å². The fourth-order valence-electron chi connectivity index (χ4n) is 3.68. The van der Waals surface area contributed by atoms with E-state index in [4.69, 9.17) is 9.15 Å². The molecule has 1 fully saturated rings. The normalized spacial score (nSPS) is 13.9. The van der Waals surface area contributed by atoms with Gasteiger partial charge in [-0.3, -0.25) is 4.79 Å². The van der Waals surface area contributed by atoms with E-state index in [0.29, 0.717) is 41.1 Å². The predicted octanol–water partition coefficient (Wildman–Crippen LogP) is 4.88. The summed E-state index contributed by atoms with van der Waals surface area (Å²) in [7, 11) is 1.53. The first-order valence-electron chi connectivity index (χ1n) is 9.10. The van der Waals surface area contributed by atoms with E-state index in [1.54, 1.807) is 30.0 Å². The lowest BCUT2D eigenvalue weighted by Crippen LogP contribution is -2.21.